The van der Waals surface area contributed by atoms with E-state index in [0.29, 0.717) is 61.9 Å². The number of hydrogen-bond donors (Lipinski definition) is 0. The zero-order valence-corrected chi connectivity index (χ0v) is 24.6. The third-order valence-corrected chi connectivity index (χ3v) is 9.24. The van der Waals surface area contributed by atoms with Crippen molar-refractivity contribution in [1.82, 2.24) is 33.5 Å². The summed E-state index contributed by atoms with van der Waals surface area (Å²) in [4.78, 5) is 25.3. The molecule has 1 fully saturated rings. The van der Waals surface area contributed by atoms with Gasteiger partial charge in [0.25, 0.3) is 5.56 Å². The number of fused-ring (bicyclic) bond motifs is 1. The van der Waals surface area contributed by atoms with E-state index in [1.165, 1.54) is 8.87 Å². The lowest BCUT2D eigenvalue weighted by Crippen LogP contribution is -2.48. The Labute approximate surface area is 239 Å². The highest BCUT2D eigenvalue weighted by Gasteiger charge is 2.30. The molecule has 1 aromatic carbocycles. The molecule has 0 aliphatic carbocycles. The van der Waals surface area contributed by atoms with Crippen LogP contribution in [0.3, 0.4) is 0 Å². The number of nitrogens with zero attached hydrogens (tertiary/aromatic N) is 7. The van der Waals surface area contributed by atoms with Gasteiger partial charge in [-0.05, 0) is 43.3 Å². The smallest absolute Gasteiger partial charge is 0.281 e. The van der Waals surface area contributed by atoms with E-state index < -0.39 is 10.0 Å². The zero-order chi connectivity index (χ0) is 29.1. The van der Waals surface area contributed by atoms with E-state index >= 15 is 0 Å². The number of rotatable bonds is 10. The standard InChI is InChI=1S/C28H35N7O5S/c1-5-22-25-26(31-35(22)24-9-7-8-12-29-24)28(36)32(3)27(30-25)21-19-20(10-11-23(21)40-18-17-39-4)41(37,38)34-15-13-33(6-2)14-16-34/h7-12,19H,5-6,13-18H2,1-4H3. The first-order valence-electron chi connectivity index (χ1n) is 13.7. The normalized spacial score (nSPS) is 15.0. The second-order valence-electron chi connectivity index (χ2n) is 9.73. The van der Waals surface area contributed by atoms with E-state index in [1.807, 2.05) is 25.1 Å². The maximum Gasteiger partial charge on any atom is 0.281 e. The topological polar surface area (TPSA) is 125 Å². The van der Waals surface area contributed by atoms with Crippen LogP contribution in [0.4, 0.5) is 0 Å². The van der Waals surface area contributed by atoms with Crippen LogP contribution in [0.2, 0.25) is 0 Å². The first-order valence-corrected chi connectivity index (χ1v) is 15.1. The molecule has 0 N–H and O–H groups in total. The molecule has 0 atom stereocenters. The average molecular weight is 582 g/mol. The Morgan fingerprint density at radius 2 is 1.78 bits per heavy atom. The van der Waals surface area contributed by atoms with Gasteiger partial charge in [0.2, 0.25) is 10.0 Å². The van der Waals surface area contributed by atoms with Crippen molar-refractivity contribution in [2.75, 3.05) is 53.0 Å². The molecule has 4 heterocycles. The molecule has 1 aliphatic heterocycles. The van der Waals surface area contributed by atoms with Crippen LogP contribution < -0.4 is 10.3 Å². The predicted molar refractivity (Wildman–Crippen MR) is 155 cm³/mol. The van der Waals surface area contributed by atoms with Crippen LogP contribution >= 0.6 is 0 Å². The summed E-state index contributed by atoms with van der Waals surface area (Å²) >= 11 is 0. The summed E-state index contributed by atoms with van der Waals surface area (Å²) in [5.41, 5.74) is 1.39. The first-order chi connectivity index (χ1) is 19.8. The lowest BCUT2D eigenvalue weighted by molar-refractivity contribution is 0.146. The summed E-state index contributed by atoms with van der Waals surface area (Å²) in [7, 11) is -0.621. The Bertz CT molecular complexity index is 1690. The zero-order valence-electron chi connectivity index (χ0n) is 23.8. The molecular weight excluding hydrogens is 546 g/mol. The molecule has 13 heteroatoms. The van der Waals surface area contributed by atoms with E-state index in [1.54, 1.807) is 43.2 Å². The summed E-state index contributed by atoms with van der Waals surface area (Å²) < 4.78 is 43.0. The van der Waals surface area contributed by atoms with Gasteiger partial charge in [0.1, 0.15) is 23.7 Å². The SMILES string of the molecule is CCc1c2nc(-c3cc(S(=O)(=O)N4CCN(CC)CC4)ccc3OCCOC)n(C)c(=O)c2nn1-c1ccccn1. The van der Waals surface area contributed by atoms with Crippen molar-refractivity contribution in [3.8, 4) is 23.0 Å². The number of sulfonamides is 1. The van der Waals surface area contributed by atoms with Crippen LogP contribution in [0.1, 0.15) is 19.5 Å². The van der Waals surface area contributed by atoms with Gasteiger partial charge < -0.3 is 14.4 Å². The number of benzene rings is 1. The number of likely N-dealkylation sites (N-methyl/N-ethyl adjacent to an activating group) is 1. The van der Waals surface area contributed by atoms with Gasteiger partial charge in [-0.2, -0.15) is 9.40 Å². The molecule has 0 bridgehead atoms. The highest BCUT2D eigenvalue weighted by molar-refractivity contribution is 7.89. The number of methoxy groups -OCH3 is 1. The highest BCUT2D eigenvalue weighted by Crippen LogP contribution is 2.33. The lowest BCUT2D eigenvalue weighted by atomic mass is 10.1. The van der Waals surface area contributed by atoms with Crippen LogP contribution in [0.25, 0.3) is 28.2 Å². The lowest BCUT2D eigenvalue weighted by Gasteiger charge is -2.33. The van der Waals surface area contributed by atoms with E-state index in [9.17, 15) is 13.2 Å². The third kappa shape index (κ3) is 5.49. The van der Waals surface area contributed by atoms with Crippen LogP contribution in [-0.4, -0.2) is 95.0 Å². The van der Waals surface area contributed by atoms with Crippen molar-refractivity contribution in [1.29, 1.82) is 0 Å². The molecule has 3 aromatic heterocycles. The summed E-state index contributed by atoms with van der Waals surface area (Å²) in [6.45, 7) is 7.65. The Morgan fingerprint density at radius 1 is 1.00 bits per heavy atom. The van der Waals surface area contributed by atoms with E-state index in [0.717, 1.165) is 12.2 Å². The van der Waals surface area contributed by atoms with Crippen molar-refractivity contribution in [2.24, 2.45) is 7.05 Å². The van der Waals surface area contributed by atoms with E-state index in [-0.39, 0.29) is 28.4 Å². The number of aryl methyl sites for hydroxylation is 1. The number of piperazine rings is 1. The van der Waals surface area contributed by atoms with Crippen molar-refractivity contribution >= 4 is 21.1 Å². The van der Waals surface area contributed by atoms with Gasteiger partial charge in [-0.15, -0.1) is 0 Å². The molecule has 1 aliphatic rings. The van der Waals surface area contributed by atoms with E-state index in [4.69, 9.17) is 14.5 Å². The molecule has 0 amide bonds. The van der Waals surface area contributed by atoms with Gasteiger partial charge in [0.05, 0.1) is 22.8 Å². The summed E-state index contributed by atoms with van der Waals surface area (Å²) in [5.74, 6) is 1.25. The quantitative estimate of drug-likeness (QED) is 0.259. The number of pyridine rings is 1. The monoisotopic (exact) mass is 581 g/mol. The highest BCUT2D eigenvalue weighted by atomic mass is 32.2. The Morgan fingerprint density at radius 3 is 2.44 bits per heavy atom. The van der Waals surface area contributed by atoms with Crippen LogP contribution in [0.5, 0.6) is 5.75 Å². The van der Waals surface area contributed by atoms with Crippen LogP contribution in [0.15, 0.2) is 52.3 Å². The largest absolute Gasteiger partial charge is 0.490 e. The molecule has 4 aromatic rings. The first kappa shape index (κ1) is 28.9. The minimum Gasteiger partial charge on any atom is -0.490 e. The maximum atomic E-state index is 13.7. The predicted octanol–water partition coefficient (Wildman–Crippen LogP) is 2.10. The van der Waals surface area contributed by atoms with Crippen molar-refractivity contribution in [2.45, 2.75) is 25.2 Å². The molecule has 218 valence electrons. The van der Waals surface area contributed by atoms with Gasteiger partial charge in [-0.1, -0.05) is 19.9 Å². The Balaban J connectivity index is 1.66. The Kier molecular flexibility index (Phi) is 8.50. The molecule has 5 rings (SSSR count). The summed E-state index contributed by atoms with van der Waals surface area (Å²) in [6.07, 6.45) is 2.21. The second kappa shape index (κ2) is 12.1. The van der Waals surface area contributed by atoms with Crippen molar-refractivity contribution in [3.05, 3.63) is 58.6 Å². The fraction of sp³-hybridized carbons (Fsp3) is 0.429. The van der Waals surface area contributed by atoms with Gasteiger partial charge in [-0.3, -0.25) is 9.36 Å². The summed E-state index contributed by atoms with van der Waals surface area (Å²) in [5, 5.41) is 4.57. The molecule has 1 saturated heterocycles. The fourth-order valence-corrected chi connectivity index (χ4v) is 6.46. The van der Waals surface area contributed by atoms with Gasteiger partial charge >= 0.3 is 0 Å². The van der Waals surface area contributed by atoms with Gasteiger partial charge in [0.15, 0.2) is 11.3 Å². The number of aromatic nitrogens is 5. The molecule has 41 heavy (non-hydrogen) atoms. The molecular formula is C28H35N7O5S. The molecule has 12 nitrogen and oxygen atoms in total. The molecule has 0 spiro atoms. The molecule has 0 unspecified atom stereocenters. The van der Waals surface area contributed by atoms with Crippen LogP contribution in [0, 0.1) is 0 Å². The van der Waals surface area contributed by atoms with E-state index in [2.05, 4.69) is 21.9 Å². The van der Waals surface area contributed by atoms with Gasteiger partial charge in [-0.25, -0.2) is 23.1 Å². The van der Waals surface area contributed by atoms with Crippen LogP contribution in [-0.2, 0) is 28.2 Å². The second-order valence-corrected chi connectivity index (χ2v) is 11.7. The van der Waals surface area contributed by atoms with Gasteiger partial charge in [0, 0.05) is 46.5 Å². The average Bonchev–Trinajstić information content (AvgIpc) is 3.38. The number of hydrogen-bond acceptors (Lipinski definition) is 9. The minimum absolute atomic E-state index is 0.116. The molecule has 0 saturated carbocycles. The number of ether oxygens (including phenoxy) is 2. The minimum atomic E-state index is -3.79. The third-order valence-electron chi connectivity index (χ3n) is 7.35. The molecule has 0 radical (unpaired) electrons. The van der Waals surface area contributed by atoms with Crippen molar-refractivity contribution < 1.29 is 17.9 Å². The van der Waals surface area contributed by atoms with Crippen molar-refractivity contribution in [3.63, 3.8) is 0 Å². The Hall–Kier alpha value is -3.65. The summed E-state index contributed by atoms with van der Waals surface area (Å²) in [6, 6.07) is 10.2. The maximum absolute atomic E-state index is 13.7. The fourth-order valence-electron chi connectivity index (χ4n) is 5.01.